The highest BCUT2D eigenvalue weighted by Crippen LogP contribution is 2.41. The molecular formula is C29H33ClF3N7O3. The molecule has 1 amide bonds. The van der Waals surface area contributed by atoms with Crippen LogP contribution in [0.5, 0.6) is 6.01 Å². The number of rotatable bonds is 8. The van der Waals surface area contributed by atoms with Gasteiger partial charge in [-0.25, -0.2) is 4.98 Å². The summed E-state index contributed by atoms with van der Waals surface area (Å²) in [4.78, 5) is 31.2. The van der Waals surface area contributed by atoms with Gasteiger partial charge in [0.25, 0.3) is 0 Å². The Labute approximate surface area is 252 Å². The Bertz CT molecular complexity index is 1510. The van der Waals surface area contributed by atoms with Crippen LogP contribution in [-0.4, -0.2) is 95.8 Å². The van der Waals surface area contributed by atoms with Crippen molar-refractivity contribution in [3.63, 3.8) is 0 Å². The number of amides is 1. The molecule has 2 aromatic heterocycles. The molecule has 2 fully saturated rings. The molecule has 14 heteroatoms. The van der Waals surface area contributed by atoms with Gasteiger partial charge in [-0.1, -0.05) is 18.2 Å². The number of aromatic nitrogens is 3. The van der Waals surface area contributed by atoms with Gasteiger partial charge in [0.05, 0.1) is 27.9 Å². The second-order valence-corrected chi connectivity index (χ2v) is 11.0. The smallest absolute Gasteiger partial charge is 0.418 e. The number of pyridine rings is 1. The molecule has 43 heavy (non-hydrogen) atoms. The number of nitrogens with two attached hydrogens (primary N) is 1. The van der Waals surface area contributed by atoms with Gasteiger partial charge in [0.15, 0.2) is 0 Å². The van der Waals surface area contributed by atoms with E-state index in [9.17, 15) is 18.0 Å². The number of hydrogen-bond acceptors (Lipinski definition) is 9. The topological polar surface area (TPSA) is 110 Å². The lowest BCUT2D eigenvalue weighted by Crippen LogP contribution is -2.48. The highest BCUT2D eigenvalue weighted by molar-refractivity contribution is 6.34. The number of hydrogen-bond donors (Lipinski definition) is 1. The predicted molar refractivity (Wildman–Crippen MR) is 158 cm³/mol. The first-order valence-electron chi connectivity index (χ1n) is 13.9. The van der Waals surface area contributed by atoms with Crippen molar-refractivity contribution in [1.29, 1.82) is 0 Å². The quantitative estimate of drug-likeness (QED) is 0.370. The highest BCUT2D eigenvalue weighted by atomic mass is 35.5. The van der Waals surface area contributed by atoms with E-state index < -0.39 is 17.4 Å². The van der Waals surface area contributed by atoms with Crippen LogP contribution in [0.3, 0.4) is 0 Å². The molecule has 0 spiro atoms. The number of likely N-dealkylation sites (N-methyl/N-ethyl adjacent to an activating group) is 1. The van der Waals surface area contributed by atoms with E-state index in [1.807, 2.05) is 18.9 Å². The molecule has 2 saturated heterocycles. The minimum absolute atomic E-state index is 0.0286. The molecule has 2 unspecified atom stereocenters. The molecule has 2 N–H and O–H groups in total. The van der Waals surface area contributed by atoms with Gasteiger partial charge in [-0.05, 0) is 50.7 Å². The number of halogens is 4. The predicted octanol–water partition coefficient (Wildman–Crippen LogP) is 4.27. The maximum absolute atomic E-state index is 13.9. The lowest BCUT2D eigenvalue weighted by molar-refractivity contribution is -0.137. The number of alkyl halides is 3. The molecule has 2 aliphatic heterocycles. The first-order chi connectivity index (χ1) is 20.5. The molecule has 10 nitrogen and oxygen atoms in total. The molecule has 0 aliphatic carbocycles. The Morgan fingerprint density at radius 2 is 1.93 bits per heavy atom. The van der Waals surface area contributed by atoms with Crippen LogP contribution in [-0.2, 0) is 15.7 Å². The highest BCUT2D eigenvalue weighted by Gasteiger charge is 2.36. The summed E-state index contributed by atoms with van der Waals surface area (Å²) in [5.74, 6) is 0.261. The minimum atomic E-state index is -4.69. The van der Waals surface area contributed by atoms with Gasteiger partial charge < -0.3 is 25.0 Å². The number of likely N-dealkylation sites (tertiary alicyclic amines) is 1. The molecular weight excluding hydrogens is 587 g/mol. The molecule has 2 aliphatic rings. The van der Waals surface area contributed by atoms with E-state index in [-0.39, 0.29) is 40.5 Å². The van der Waals surface area contributed by atoms with Crippen molar-refractivity contribution in [2.45, 2.75) is 31.7 Å². The van der Waals surface area contributed by atoms with E-state index in [4.69, 9.17) is 31.8 Å². The van der Waals surface area contributed by atoms with E-state index in [1.54, 1.807) is 4.90 Å². The van der Waals surface area contributed by atoms with Crippen LogP contribution in [0, 0.1) is 0 Å². The molecule has 230 valence electrons. The minimum Gasteiger partial charge on any atom is -0.462 e. The number of anilines is 2. The van der Waals surface area contributed by atoms with Crippen LogP contribution in [0.2, 0.25) is 5.02 Å². The second-order valence-electron chi connectivity index (χ2n) is 10.5. The maximum Gasteiger partial charge on any atom is 0.418 e. The van der Waals surface area contributed by atoms with E-state index >= 15 is 0 Å². The van der Waals surface area contributed by atoms with Crippen molar-refractivity contribution in [3.05, 3.63) is 47.5 Å². The van der Waals surface area contributed by atoms with Crippen molar-refractivity contribution in [2.24, 2.45) is 0 Å². The standard InChI is InChI=1S/C29H33ClF3N7O3/c1-4-25(41)39-8-10-40(11-9-39)27-20-13-22(30)19(26-21(29(31,32)33)6-7-24(34)36-26)14-23(20)35-28(37-27)43-16-17-12-18(42-5-2)15-38(17)3/h4,6-7,13-14,17-18H,1,5,8-12,15-16H2,2-3H3,(H2,34,36). The summed E-state index contributed by atoms with van der Waals surface area (Å²) < 4.78 is 53.7. The van der Waals surface area contributed by atoms with Gasteiger partial charge in [-0.15, -0.1) is 0 Å². The molecule has 0 bridgehead atoms. The van der Waals surface area contributed by atoms with Gasteiger partial charge in [-0.3, -0.25) is 9.69 Å². The number of nitrogen functional groups attached to an aromatic ring is 1. The number of piperazine rings is 1. The average Bonchev–Trinajstić information content (AvgIpc) is 3.33. The zero-order valence-electron chi connectivity index (χ0n) is 23.9. The van der Waals surface area contributed by atoms with Crippen molar-refractivity contribution in [3.8, 4) is 17.3 Å². The fourth-order valence-electron chi connectivity index (χ4n) is 5.53. The Morgan fingerprint density at radius 1 is 1.19 bits per heavy atom. The maximum atomic E-state index is 13.9. The van der Waals surface area contributed by atoms with Gasteiger partial charge in [0.2, 0.25) is 5.91 Å². The van der Waals surface area contributed by atoms with Crippen molar-refractivity contribution < 1.29 is 27.4 Å². The van der Waals surface area contributed by atoms with Crippen LogP contribution < -0.4 is 15.4 Å². The summed E-state index contributed by atoms with van der Waals surface area (Å²) >= 11 is 6.61. The van der Waals surface area contributed by atoms with Crippen LogP contribution in [0.25, 0.3) is 22.2 Å². The molecule has 2 atom stereocenters. The SMILES string of the molecule is C=CC(=O)N1CCN(c2nc(OCC3CC(OCC)CN3C)nc3cc(-c4nc(N)ccc4C(F)(F)F)c(Cl)cc23)CC1. The number of ether oxygens (including phenoxy) is 2. The summed E-state index contributed by atoms with van der Waals surface area (Å²) in [6.45, 7) is 9.00. The average molecular weight is 620 g/mol. The molecule has 0 radical (unpaired) electrons. The van der Waals surface area contributed by atoms with Gasteiger partial charge in [0, 0.05) is 56.3 Å². The monoisotopic (exact) mass is 619 g/mol. The number of fused-ring (bicyclic) bond motifs is 1. The first-order valence-corrected chi connectivity index (χ1v) is 14.3. The number of carbonyl (C=O) groups excluding carboxylic acids is 1. The van der Waals surface area contributed by atoms with Gasteiger partial charge in [-0.2, -0.15) is 23.1 Å². The van der Waals surface area contributed by atoms with E-state index in [2.05, 4.69) is 21.4 Å². The second kappa shape index (κ2) is 12.5. The number of benzene rings is 1. The van der Waals surface area contributed by atoms with Crippen molar-refractivity contribution >= 4 is 40.0 Å². The summed E-state index contributed by atoms with van der Waals surface area (Å²) in [6, 6.07) is 5.12. The molecule has 0 saturated carbocycles. The van der Waals surface area contributed by atoms with Gasteiger partial charge >= 0.3 is 12.2 Å². The van der Waals surface area contributed by atoms with Crippen LogP contribution >= 0.6 is 11.6 Å². The Hall–Kier alpha value is -3.68. The van der Waals surface area contributed by atoms with Crippen LogP contribution in [0.1, 0.15) is 18.9 Å². The zero-order valence-corrected chi connectivity index (χ0v) is 24.7. The molecule has 5 rings (SSSR count). The number of nitrogens with zero attached hydrogens (tertiary/aromatic N) is 6. The summed E-state index contributed by atoms with van der Waals surface area (Å²) in [6.07, 6.45) is -2.53. The molecule has 4 heterocycles. The third-order valence-electron chi connectivity index (χ3n) is 7.74. The van der Waals surface area contributed by atoms with Crippen LogP contribution in [0.4, 0.5) is 24.8 Å². The van der Waals surface area contributed by atoms with E-state index in [1.165, 1.54) is 18.2 Å². The van der Waals surface area contributed by atoms with Crippen molar-refractivity contribution in [1.82, 2.24) is 24.8 Å². The summed E-state index contributed by atoms with van der Waals surface area (Å²) in [5.41, 5.74) is 4.77. The summed E-state index contributed by atoms with van der Waals surface area (Å²) in [7, 11) is 1.99. The lowest BCUT2D eigenvalue weighted by Gasteiger charge is -2.35. The fourth-order valence-corrected chi connectivity index (χ4v) is 5.78. The van der Waals surface area contributed by atoms with Gasteiger partial charge in [0.1, 0.15) is 18.2 Å². The number of carbonyl (C=O) groups is 1. The van der Waals surface area contributed by atoms with Crippen LogP contribution in [0.15, 0.2) is 36.9 Å². The molecule has 1 aromatic carbocycles. The van der Waals surface area contributed by atoms with E-state index in [0.29, 0.717) is 56.1 Å². The zero-order chi connectivity index (χ0) is 30.9. The Balaban J connectivity index is 1.54. The Morgan fingerprint density at radius 3 is 2.60 bits per heavy atom. The van der Waals surface area contributed by atoms with Crippen molar-refractivity contribution in [2.75, 3.05) is 63.6 Å². The largest absolute Gasteiger partial charge is 0.462 e. The fraction of sp³-hybridized carbons (Fsp3) is 0.448. The Kier molecular flexibility index (Phi) is 8.95. The van der Waals surface area contributed by atoms with E-state index in [0.717, 1.165) is 25.1 Å². The summed E-state index contributed by atoms with van der Waals surface area (Å²) in [5, 5.41) is 0.557. The normalized spacial score (nSPS) is 19.7. The molecule has 3 aromatic rings. The lowest BCUT2D eigenvalue weighted by atomic mass is 10.0. The first kappa shape index (κ1) is 30.8. The third kappa shape index (κ3) is 6.63. The third-order valence-corrected chi connectivity index (χ3v) is 8.06.